The maximum atomic E-state index is 5.04. The number of hydrazine groups is 1. The van der Waals surface area contributed by atoms with Gasteiger partial charge in [0.1, 0.15) is 12.3 Å². The lowest BCUT2D eigenvalue weighted by molar-refractivity contribution is -0.119. The predicted molar refractivity (Wildman–Crippen MR) is 32.7 cm³/mol. The van der Waals surface area contributed by atoms with Crippen LogP contribution < -0.4 is 5.43 Å². The fourth-order valence-electron chi connectivity index (χ4n) is 1.02. The Morgan fingerprint density at radius 2 is 2.67 bits per heavy atom. The van der Waals surface area contributed by atoms with Crippen LogP contribution >= 0.6 is 0 Å². The van der Waals surface area contributed by atoms with E-state index < -0.39 is 0 Å². The van der Waals surface area contributed by atoms with Crippen molar-refractivity contribution < 1.29 is 4.84 Å². The van der Waals surface area contributed by atoms with Gasteiger partial charge in [0.2, 0.25) is 0 Å². The van der Waals surface area contributed by atoms with Crippen molar-refractivity contribution in [2.45, 2.75) is 13.0 Å². The zero-order valence-electron chi connectivity index (χ0n) is 5.16. The minimum atomic E-state index is 0.310. The highest BCUT2D eigenvalue weighted by Crippen LogP contribution is 2.16. The van der Waals surface area contributed by atoms with E-state index in [-0.39, 0.29) is 0 Å². The monoisotopic (exact) mass is 124 g/mol. The van der Waals surface area contributed by atoms with Gasteiger partial charge < -0.3 is 4.84 Å². The summed E-state index contributed by atoms with van der Waals surface area (Å²) in [6.45, 7) is 2.01. The molecule has 0 saturated heterocycles. The summed E-state index contributed by atoms with van der Waals surface area (Å²) < 4.78 is 0. The van der Waals surface area contributed by atoms with Crippen LogP contribution in [-0.2, 0) is 4.84 Å². The van der Waals surface area contributed by atoms with Gasteiger partial charge in [-0.15, -0.1) is 0 Å². The van der Waals surface area contributed by atoms with E-state index >= 15 is 0 Å². The first-order valence-corrected chi connectivity index (χ1v) is 2.94. The molecule has 0 spiro atoms. The Labute approximate surface area is 53.5 Å². The van der Waals surface area contributed by atoms with Crippen LogP contribution in [0.1, 0.15) is 6.92 Å². The van der Waals surface area contributed by atoms with Gasteiger partial charge in [0.25, 0.3) is 0 Å². The molecule has 2 heterocycles. The Morgan fingerprint density at radius 3 is 3.44 bits per heavy atom. The van der Waals surface area contributed by atoms with Crippen molar-refractivity contribution in [2.75, 3.05) is 0 Å². The van der Waals surface area contributed by atoms with Gasteiger partial charge in [0.15, 0.2) is 0 Å². The van der Waals surface area contributed by atoms with E-state index in [1.807, 2.05) is 13.0 Å². The van der Waals surface area contributed by atoms with Crippen molar-refractivity contribution in [1.29, 1.82) is 0 Å². The third-order valence-electron chi connectivity index (χ3n) is 1.43. The standard InChI is InChI=1S/C6H8N2O/c1-5-4-6-2-3-9-8(6)7-5/h2-4,6-7H,1H3. The predicted octanol–water partition coefficient (Wildman–Crippen LogP) is 0.538. The summed E-state index contributed by atoms with van der Waals surface area (Å²) >= 11 is 0. The van der Waals surface area contributed by atoms with Crippen LogP contribution in [0.5, 0.6) is 0 Å². The number of hydroxylamine groups is 1. The summed E-state index contributed by atoms with van der Waals surface area (Å²) in [4.78, 5) is 5.04. The van der Waals surface area contributed by atoms with E-state index in [0.29, 0.717) is 6.04 Å². The van der Waals surface area contributed by atoms with Crippen LogP contribution in [0.4, 0.5) is 0 Å². The zero-order valence-corrected chi connectivity index (χ0v) is 5.16. The van der Waals surface area contributed by atoms with Crippen molar-refractivity contribution >= 4 is 0 Å². The number of hydrogen-bond acceptors (Lipinski definition) is 3. The molecular formula is C6H8N2O. The Morgan fingerprint density at radius 1 is 1.78 bits per heavy atom. The van der Waals surface area contributed by atoms with Crippen LogP contribution in [0.3, 0.4) is 0 Å². The fourth-order valence-corrected chi connectivity index (χ4v) is 1.02. The van der Waals surface area contributed by atoms with Crippen LogP contribution in [0, 0.1) is 0 Å². The summed E-state index contributed by atoms with van der Waals surface area (Å²) in [6.07, 6.45) is 5.77. The highest BCUT2D eigenvalue weighted by Gasteiger charge is 2.24. The maximum absolute atomic E-state index is 5.04. The molecule has 1 N–H and O–H groups in total. The average Bonchev–Trinajstić information content (AvgIpc) is 2.22. The van der Waals surface area contributed by atoms with Gasteiger partial charge in [-0.2, -0.15) is 0 Å². The molecule has 48 valence electrons. The molecule has 9 heavy (non-hydrogen) atoms. The van der Waals surface area contributed by atoms with Crippen molar-refractivity contribution in [3.8, 4) is 0 Å². The quantitative estimate of drug-likeness (QED) is 0.510. The first kappa shape index (κ1) is 4.88. The van der Waals surface area contributed by atoms with Crippen molar-refractivity contribution in [2.24, 2.45) is 0 Å². The maximum Gasteiger partial charge on any atom is 0.112 e. The van der Waals surface area contributed by atoms with E-state index in [1.165, 1.54) is 0 Å². The summed E-state index contributed by atoms with van der Waals surface area (Å²) in [5, 5.41) is 1.70. The molecule has 0 amide bonds. The fraction of sp³-hybridized carbons (Fsp3) is 0.333. The van der Waals surface area contributed by atoms with Crippen LogP contribution in [0.15, 0.2) is 24.1 Å². The number of fused-ring (bicyclic) bond motifs is 1. The van der Waals surface area contributed by atoms with E-state index in [0.717, 1.165) is 5.70 Å². The van der Waals surface area contributed by atoms with Crippen molar-refractivity contribution in [1.82, 2.24) is 10.6 Å². The highest BCUT2D eigenvalue weighted by molar-refractivity contribution is 5.15. The average molecular weight is 124 g/mol. The zero-order chi connectivity index (χ0) is 6.27. The normalized spacial score (nSPS) is 31.2. The Balaban J connectivity index is 2.21. The van der Waals surface area contributed by atoms with E-state index in [4.69, 9.17) is 4.84 Å². The van der Waals surface area contributed by atoms with E-state index in [1.54, 1.807) is 11.4 Å². The minimum Gasteiger partial charge on any atom is -0.394 e. The van der Waals surface area contributed by atoms with E-state index in [2.05, 4.69) is 11.5 Å². The van der Waals surface area contributed by atoms with Crippen LogP contribution in [-0.4, -0.2) is 11.2 Å². The summed E-state index contributed by atoms with van der Waals surface area (Å²) in [5.74, 6) is 0. The number of rotatable bonds is 0. The molecule has 0 saturated carbocycles. The lowest BCUT2D eigenvalue weighted by Crippen LogP contribution is -2.32. The van der Waals surface area contributed by atoms with Crippen LogP contribution in [0.2, 0.25) is 0 Å². The molecule has 2 aliphatic rings. The SMILES string of the molecule is CC1=CC2C=CON2N1. The van der Waals surface area contributed by atoms with Crippen LogP contribution in [0.25, 0.3) is 0 Å². The van der Waals surface area contributed by atoms with Crippen molar-refractivity contribution in [3.05, 3.63) is 24.1 Å². The summed E-state index contributed by atoms with van der Waals surface area (Å²) in [6, 6.07) is 0.310. The number of hydrogen-bond donors (Lipinski definition) is 1. The van der Waals surface area contributed by atoms with Gasteiger partial charge in [-0.25, -0.2) is 0 Å². The Hall–Kier alpha value is -0.960. The van der Waals surface area contributed by atoms with Gasteiger partial charge >= 0.3 is 0 Å². The smallest absolute Gasteiger partial charge is 0.112 e. The first-order valence-electron chi connectivity index (χ1n) is 2.94. The third kappa shape index (κ3) is 0.616. The molecule has 0 aromatic carbocycles. The van der Waals surface area contributed by atoms with Gasteiger partial charge in [-0.05, 0) is 24.2 Å². The highest BCUT2D eigenvalue weighted by atomic mass is 16.7. The van der Waals surface area contributed by atoms with Gasteiger partial charge in [0, 0.05) is 5.70 Å². The molecular weight excluding hydrogens is 116 g/mol. The number of allylic oxidation sites excluding steroid dienone is 1. The minimum absolute atomic E-state index is 0.310. The van der Waals surface area contributed by atoms with Gasteiger partial charge in [0.05, 0.1) is 0 Å². The molecule has 0 aromatic heterocycles. The molecule has 1 atom stereocenters. The largest absolute Gasteiger partial charge is 0.394 e. The Bertz CT molecular complexity index is 185. The summed E-state index contributed by atoms with van der Waals surface area (Å²) in [5.41, 5.74) is 4.17. The number of nitrogens with one attached hydrogen (secondary N) is 1. The molecule has 1 unspecified atom stereocenters. The molecule has 0 bridgehead atoms. The molecule has 3 heteroatoms. The Kier molecular flexibility index (Phi) is 0.818. The third-order valence-corrected chi connectivity index (χ3v) is 1.43. The topological polar surface area (TPSA) is 24.5 Å². The summed E-state index contributed by atoms with van der Waals surface area (Å²) in [7, 11) is 0. The van der Waals surface area contributed by atoms with Crippen molar-refractivity contribution in [3.63, 3.8) is 0 Å². The molecule has 0 aromatic rings. The number of nitrogens with zero attached hydrogens (tertiary/aromatic N) is 1. The molecule has 3 nitrogen and oxygen atoms in total. The van der Waals surface area contributed by atoms with E-state index in [9.17, 15) is 0 Å². The second kappa shape index (κ2) is 1.51. The molecule has 0 aliphatic carbocycles. The molecule has 0 fully saturated rings. The lowest BCUT2D eigenvalue weighted by atomic mass is 10.3. The van der Waals surface area contributed by atoms with Gasteiger partial charge in [-0.3, -0.25) is 5.43 Å². The molecule has 0 radical (unpaired) electrons. The molecule has 2 rings (SSSR count). The first-order chi connectivity index (χ1) is 4.36. The second-order valence-corrected chi connectivity index (χ2v) is 2.21. The van der Waals surface area contributed by atoms with Gasteiger partial charge in [-0.1, -0.05) is 0 Å². The lowest BCUT2D eigenvalue weighted by Gasteiger charge is -2.13. The second-order valence-electron chi connectivity index (χ2n) is 2.21. The molecule has 2 aliphatic heterocycles.